The van der Waals surface area contributed by atoms with Crippen molar-refractivity contribution in [2.75, 3.05) is 5.43 Å². The van der Waals surface area contributed by atoms with Gasteiger partial charge in [-0.2, -0.15) is 5.10 Å². The van der Waals surface area contributed by atoms with Crippen molar-refractivity contribution in [3.63, 3.8) is 0 Å². The minimum Gasteiger partial charge on any atom is -0.508 e. The van der Waals surface area contributed by atoms with Gasteiger partial charge in [-0.3, -0.25) is 5.43 Å². The highest BCUT2D eigenvalue weighted by Gasteiger charge is 2.02. The first-order valence-electron chi connectivity index (χ1n) is 6.81. The minimum atomic E-state index is -0.0341. The van der Waals surface area contributed by atoms with Crippen LogP contribution in [-0.4, -0.2) is 21.4 Å². The third-order valence-corrected chi connectivity index (χ3v) is 3.32. The average molecular weight is 293 g/mol. The molecule has 3 aromatic rings. The van der Waals surface area contributed by atoms with Crippen LogP contribution in [0.4, 0.5) is 5.82 Å². The van der Waals surface area contributed by atoms with E-state index in [0.717, 1.165) is 16.5 Å². The van der Waals surface area contributed by atoms with Crippen molar-refractivity contribution in [2.24, 2.45) is 5.10 Å². The number of nitrogens with zero attached hydrogens (tertiary/aromatic N) is 2. The van der Waals surface area contributed by atoms with Gasteiger partial charge in [-0.15, -0.1) is 0 Å². The van der Waals surface area contributed by atoms with Gasteiger partial charge < -0.3 is 10.2 Å². The third-order valence-electron chi connectivity index (χ3n) is 3.32. The van der Waals surface area contributed by atoms with Crippen LogP contribution in [-0.2, 0) is 0 Å². The highest BCUT2D eigenvalue weighted by molar-refractivity contribution is 5.85. The Labute approximate surface area is 127 Å². The van der Waals surface area contributed by atoms with Gasteiger partial charge in [0.2, 0.25) is 0 Å². The molecule has 2 aromatic carbocycles. The number of aromatic nitrogens is 1. The summed E-state index contributed by atoms with van der Waals surface area (Å²) in [5, 5.41) is 24.1. The number of hydrogen-bond acceptors (Lipinski definition) is 5. The number of hydrazone groups is 1. The molecule has 1 heterocycles. The molecule has 0 radical (unpaired) electrons. The van der Waals surface area contributed by atoms with Gasteiger partial charge in [0.25, 0.3) is 0 Å². The number of aromatic hydroxyl groups is 2. The second-order valence-corrected chi connectivity index (χ2v) is 4.95. The van der Waals surface area contributed by atoms with Gasteiger partial charge in [-0.05, 0) is 36.8 Å². The number of rotatable bonds is 3. The zero-order valence-corrected chi connectivity index (χ0v) is 12.0. The number of phenols is 2. The summed E-state index contributed by atoms with van der Waals surface area (Å²) in [7, 11) is 0. The second kappa shape index (κ2) is 5.73. The number of fused-ring (bicyclic) bond motifs is 1. The van der Waals surface area contributed by atoms with Crippen LogP contribution in [0.25, 0.3) is 10.9 Å². The molecule has 3 N–H and O–H groups in total. The van der Waals surface area contributed by atoms with E-state index in [4.69, 9.17) is 0 Å². The van der Waals surface area contributed by atoms with E-state index in [1.54, 1.807) is 6.07 Å². The number of hydrogen-bond donors (Lipinski definition) is 3. The van der Waals surface area contributed by atoms with Crippen molar-refractivity contribution in [1.82, 2.24) is 4.98 Å². The largest absolute Gasteiger partial charge is 0.508 e. The zero-order chi connectivity index (χ0) is 15.5. The number of para-hydroxylation sites is 1. The van der Waals surface area contributed by atoms with E-state index in [-0.39, 0.29) is 11.5 Å². The van der Waals surface area contributed by atoms with Gasteiger partial charge in [0.1, 0.15) is 17.3 Å². The number of pyridine rings is 1. The lowest BCUT2D eigenvalue weighted by molar-refractivity contribution is 0.450. The maximum atomic E-state index is 9.68. The van der Waals surface area contributed by atoms with Crippen LogP contribution in [0.5, 0.6) is 11.5 Å². The molecule has 3 rings (SSSR count). The van der Waals surface area contributed by atoms with Gasteiger partial charge in [-0.25, -0.2) is 4.98 Å². The monoisotopic (exact) mass is 293 g/mol. The van der Waals surface area contributed by atoms with Gasteiger partial charge in [0.15, 0.2) is 0 Å². The van der Waals surface area contributed by atoms with E-state index in [1.165, 1.54) is 18.3 Å². The van der Waals surface area contributed by atoms with E-state index in [9.17, 15) is 10.2 Å². The van der Waals surface area contributed by atoms with Crippen LogP contribution in [0.1, 0.15) is 11.1 Å². The third kappa shape index (κ3) is 2.83. The second-order valence-electron chi connectivity index (χ2n) is 4.95. The fourth-order valence-corrected chi connectivity index (χ4v) is 2.22. The molecule has 1 aromatic heterocycles. The predicted octanol–water partition coefficient (Wildman–Crippen LogP) is 3.40. The van der Waals surface area contributed by atoms with Crippen LogP contribution in [0.2, 0.25) is 0 Å². The maximum Gasteiger partial charge on any atom is 0.147 e. The Kier molecular flexibility index (Phi) is 3.62. The molecule has 0 spiro atoms. The molecule has 0 saturated carbocycles. The summed E-state index contributed by atoms with van der Waals surface area (Å²) in [6, 6.07) is 14.1. The average Bonchev–Trinajstić information content (AvgIpc) is 2.50. The number of phenolic OH excluding ortho intramolecular Hbond substituents is 2. The molecule has 5 heteroatoms. The molecule has 0 amide bonds. The van der Waals surface area contributed by atoms with Crippen LogP contribution < -0.4 is 5.43 Å². The normalized spacial score (nSPS) is 11.1. The van der Waals surface area contributed by atoms with Gasteiger partial charge in [0, 0.05) is 17.0 Å². The SMILES string of the molecule is Cc1cc(N/N=C/c2ccc(O)cc2O)nc2ccccc12. The smallest absolute Gasteiger partial charge is 0.147 e. The molecule has 0 aliphatic rings. The van der Waals surface area contributed by atoms with Crippen LogP contribution >= 0.6 is 0 Å². The first-order valence-corrected chi connectivity index (χ1v) is 6.81. The minimum absolute atomic E-state index is 0.00873. The van der Waals surface area contributed by atoms with Gasteiger partial charge in [-0.1, -0.05) is 18.2 Å². The van der Waals surface area contributed by atoms with Crippen LogP contribution in [0.3, 0.4) is 0 Å². The predicted molar refractivity (Wildman–Crippen MR) is 87.5 cm³/mol. The lowest BCUT2D eigenvalue weighted by atomic mass is 10.1. The van der Waals surface area contributed by atoms with Crippen molar-refractivity contribution < 1.29 is 10.2 Å². The molecule has 0 aliphatic heterocycles. The Morgan fingerprint density at radius 2 is 1.91 bits per heavy atom. The van der Waals surface area contributed by atoms with E-state index in [1.807, 2.05) is 37.3 Å². The molecule has 0 aliphatic carbocycles. The topological polar surface area (TPSA) is 77.7 Å². The fourth-order valence-electron chi connectivity index (χ4n) is 2.22. The number of benzene rings is 2. The van der Waals surface area contributed by atoms with Crippen molar-refractivity contribution in [1.29, 1.82) is 0 Å². The molecule has 0 fully saturated rings. The zero-order valence-electron chi connectivity index (χ0n) is 12.0. The van der Waals surface area contributed by atoms with Crippen molar-refractivity contribution in [3.05, 3.63) is 59.7 Å². The fraction of sp³-hybridized carbons (Fsp3) is 0.0588. The van der Waals surface area contributed by atoms with E-state index < -0.39 is 0 Å². The Morgan fingerprint density at radius 1 is 1.09 bits per heavy atom. The van der Waals surface area contributed by atoms with E-state index in [0.29, 0.717) is 11.4 Å². The molecule has 5 nitrogen and oxygen atoms in total. The molecule has 0 saturated heterocycles. The Balaban J connectivity index is 1.83. The quantitative estimate of drug-likeness (QED) is 0.511. The summed E-state index contributed by atoms with van der Waals surface area (Å²) in [4.78, 5) is 4.48. The van der Waals surface area contributed by atoms with Crippen molar-refractivity contribution in [3.8, 4) is 11.5 Å². The number of anilines is 1. The highest BCUT2D eigenvalue weighted by Crippen LogP contribution is 2.22. The van der Waals surface area contributed by atoms with Gasteiger partial charge >= 0.3 is 0 Å². The summed E-state index contributed by atoms with van der Waals surface area (Å²) in [5.41, 5.74) is 5.36. The molecular weight excluding hydrogens is 278 g/mol. The highest BCUT2D eigenvalue weighted by atomic mass is 16.3. The molecule has 22 heavy (non-hydrogen) atoms. The van der Waals surface area contributed by atoms with Crippen molar-refractivity contribution >= 4 is 22.9 Å². The number of aryl methyl sites for hydroxylation is 1. The maximum absolute atomic E-state index is 9.68. The van der Waals surface area contributed by atoms with Crippen molar-refractivity contribution in [2.45, 2.75) is 6.92 Å². The first-order chi connectivity index (χ1) is 10.6. The summed E-state index contributed by atoms with van der Waals surface area (Å²) < 4.78 is 0. The molecule has 0 unspecified atom stereocenters. The Morgan fingerprint density at radius 3 is 2.73 bits per heavy atom. The Bertz CT molecular complexity index is 860. The molecule has 0 bridgehead atoms. The molecule has 0 atom stereocenters. The lowest BCUT2D eigenvalue weighted by Gasteiger charge is -2.05. The van der Waals surface area contributed by atoms with Gasteiger partial charge in [0.05, 0.1) is 11.7 Å². The summed E-state index contributed by atoms with van der Waals surface area (Å²) in [6.07, 6.45) is 1.47. The first kappa shape index (κ1) is 13.9. The van der Waals surface area contributed by atoms with E-state index in [2.05, 4.69) is 15.5 Å². The standard InChI is InChI=1S/C17H15N3O2/c1-11-8-17(19-15-5-3-2-4-14(11)15)20-18-10-12-6-7-13(21)9-16(12)22/h2-10,21-22H,1H3,(H,19,20)/b18-10+. The number of nitrogens with one attached hydrogen (secondary N) is 1. The summed E-state index contributed by atoms with van der Waals surface area (Å²) >= 11 is 0. The lowest BCUT2D eigenvalue weighted by Crippen LogP contribution is -1.95. The Hall–Kier alpha value is -3.08. The molecule has 110 valence electrons. The summed E-state index contributed by atoms with van der Waals surface area (Å²) in [5.74, 6) is 0.605. The molecular formula is C17H15N3O2. The van der Waals surface area contributed by atoms with Crippen LogP contribution in [0, 0.1) is 6.92 Å². The summed E-state index contributed by atoms with van der Waals surface area (Å²) in [6.45, 7) is 2.02. The van der Waals surface area contributed by atoms with E-state index >= 15 is 0 Å². The van der Waals surface area contributed by atoms with Crippen LogP contribution in [0.15, 0.2) is 53.6 Å².